The van der Waals surface area contributed by atoms with Crippen LogP contribution in [-0.2, 0) is 11.3 Å². The number of benzene rings is 1. The topological polar surface area (TPSA) is 60.9 Å². The molecular weight excluding hydrogens is 268 g/mol. The Hall–Kier alpha value is -1.88. The first-order chi connectivity index (χ1) is 9.88. The first-order valence-corrected chi connectivity index (χ1v) is 7.14. The molecule has 1 aliphatic heterocycles. The molecule has 21 heavy (non-hydrogen) atoms. The molecule has 2 rings (SSSR count). The molecule has 5 nitrogen and oxygen atoms in total. The van der Waals surface area contributed by atoms with Crippen molar-refractivity contribution in [3.63, 3.8) is 0 Å². The molecule has 1 aliphatic rings. The first kappa shape index (κ1) is 15.5. The fourth-order valence-corrected chi connectivity index (χ4v) is 2.75. The second-order valence-electron chi connectivity index (χ2n) is 6.07. The molecule has 1 amide bonds. The zero-order valence-electron chi connectivity index (χ0n) is 12.7. The summed E-state index contributed by atoms with van der Waals surface area (Å²) >= 11 is 0. The van der Waals surface area contributed by atoms with Gasteiger partial charge < -0.3 is 14.9 Å². The van der Waals surface area contributed by atoms with Crippen LogP contribution >= 0.6 is 0 Å². The second kappa shape index (κ2) is 6.26. The van der Waals surface area contributed by atoms with Crippen LogP contribution in [0, 0.1) is 11.8 Å². The van der Waals surface area contributed by atoms with Crippen molar-refractivity contribution in [1.82, 2.24) is 9.80 Å². The molecule has 0 radical (unpaired) electrons. The SMILES string of the molecule is C[C@@H]1CN(C(=O)c2ccc(CN(C)C)cc2)C[C@H]1C(=O)O. The van der Waals surface area contributed by atoms with E-state index in [0.717, 1.165) is 12.1 Å². The summed E-state index contributed by atoms with van der Waals surface area (Å²) in [6.45, 7) is 3.52. The van der Waals surface area contributed by atoms with Crippen LogP contribution in [0.4, 0.5) is 0 Å². The Morgan fingerprint density at radius 1 is 1.24 bits per heavy atom. The van der Waals surface area contributed by atoms with E-state index in [2.05, 4.69) is 4.90 Å². The van der Waals surface area contributed by atoms with Crippen LogP contribution in [-0.4, -0.2) is 54.0 Å². The Kier molecular flexibility index (Phi) is 4.63. The van der Waals surface area contributed by atoms with E-state index in [1.54, 1.807) is 4.90 Å². The lowest BCUT2D eigenvalue weighted by molar-refractivity contribution is -0.142. The summed E-state index contributed by atoms with van der Waals surface area (Å²) in [5.41, 5.74) is 1.77. The summed E-state index contributed by atoms with van der Waals surface area (Å²) in [5, 5.41) is 9.13. The standard InChI is InChI=1S/C16H22N2O3/c1-11-8-18(10-14(11)16(20)21)15(19)13-6-4-12(5-7-13)9-17(2)3/h4-7,11,14H,8-10H2,1-3H3,(H,20,21)/t11-,14-/m1/s1. The van der Waals surface area contributed by atoms with Crippen molar-refractivity contribution < 1.29 is 14.7 Å². The molecule has 5 heteroatoms. The second-order valence-corrected chi connectivity index (χ2v) is 6.07. The van der Waals surface area contributed by atoms with Crippen molar-refractivity contribution in [2.45, 2.75) is 13.5 Å². The maximum absolute atomic E-state index is 12.4. The summed E-state index contributed by atoms with van der Waals surface area (Å²) in [5.74, 6) is -1.36. The average Bonchev–Trinajstić information content (AvgIpc) is 2.80. The predicted octanol–water partition coefficient (Wildman–Crippen LogP) is 1.54. The van der Waals surface area contributed by atoms with E-state index in [9.17, 15) is 9.59 Å². The normalized spacial score (nSPS) is 21.8. The lowest BCUT2D eigenvalue weighted by Gasteiger charge is -2.16. The van der Waals surface area contributed by atoms with Gasteiger partial charge in [-0.1, -0.05) is 19.1 Å². The van der Waals surface area contributed by atoms with Crippen LogP contribution in [0.1, 0.15) is 22.8 Å². The van der Waals surface area contributed by atoms with Crippen molar-refractivity contribution >= 4 is 11.9 Å². The van der Waals surface area contributed by atoms with Crippen LogP contribution in [0.5, 0.6) is 0 Å². The number of carboxylic acids is 1. The Balaban J connectivity index is 2.05. The molecule has 0 unspecified atom stereocenters. The van der Waals surface area contributed by atoms with Gasteiger partial charge in [-0.2, -0.15) is 0 Å². The van der Waals surface area contributed by atoms with E-state index < -0.39 is 11.9 Å². The number of carbonyl (C=O) groups excluding carboxylic acids is 1. The molecule has 1 N–H and O–H groups in total. The van der Waals surface area contributed by atoms with Crippen LogP contribution in [0.15, 0.2) is 24.3 Å². The van der Waals surface area contributed by atoms with E-state index in [1.807, 2.05) is 45.3 Å². The van der Waals surface area contributed by atoms with Gasteiger partial charge in [0.1, 0.15) is 0 Å². The van der Waals surface area contributed by atoms with E-state index in [-0.39, 0.29) is 11.8 Å². The molecule has 0 aliphatic carbocycles. The van der Waals surface area contributed by atoms with Gasteiger partial charge in [-0.3, -0.25) is 9.59 Å². The monoisotopic (exact) mass is 290 g/mol. The number of amides is 1. The van der Waals surface area contributed by atoms with Gasteiger partial charge in [0.25, 0.3) is 5.91 Å². The number of rotatable bonds is 4. The summed E-state index contributed by atoms with van der Waals surface area (Å²) in [6.07, 6.45) is 0. The number of likely N-dealkylation sites (tertiary alicyclic amines) is 1. The highest BCUT2D eigenvalue weighted by atomic mass is 16.4. The molecule has 0 bridgehead atoms. The molecule has 1 saturated heterocycles. The van der Waals surface area contributed by atoms with Crippen LogP contribution in [0.3, 0.4) is 0 Å². The number of carboxylic acid groups (broad SMARTS) is 1. The summed E-state index contributed by atoms with van der Waals surface area (Å²) in [4.78, 5) is 27.2. The Labute approximate surface area is 125 Å². The Bertz CT molecular complexity index is 525. The first-order valence-electron chi connectivity index (χ1n) is 7.14. The largest absolute Gasteiger partial charge is 0.481 e. The zero-order chi connectivity index (χ0) is 15.6. The Morgan fingerprint density at radius 3 is 2.33 bits per heavy atom. The highest BCUT2D eigenvalue weighted by molar-refractivity contribution is 5.94. The van der Waals surface area contributed by atoms with E-state index in [1.165, 1.54) is 0 Å². The summed E-state index contributed by atoms with van der Waals surface area (Å²) in [6, 6.07) is 7.53. The van der Waals surface area contributed by atoms with Crippen LogP contribution in [0.25, 0.3) is 0 Å². The third-order valence-corrected chi connectivity index (χ3v) is 3.92. The van der Waals surface area contributed by atoms with Gasteiger partial charge in [0.15, 0.2) is 0 Å². The molecule has 1 heterocycles. The number of hydrogen-bond acceptors (Lipinski definition) is 3. The van der Waals surface area contributed by atoms with Gasteiger partial charge in [-0.05, 0) is 37.7 Å². The quantitative estimate of drug-likeness (QED) is 0.914. The van der Waals surface area contributed by atoms with Gasteiger partial charge in [0.2, 0.25) is 0 Å². The van der Waals surface area contributed by atoms with Crippen LogP contribution in [0.2, 0.25) is 0 Å². The number of aliphatic carboxylic acids is 1. The van der Waals surface area contributed by atoms with Crippen molar-refractivity contribution in [3.8, 4) is 0 Å². The van der Waals surface area contributed by atoms with Gasteiger partial charge in [-0.15, -0.1) is 0 Å². The molecule has 1 fully saturated rings. The minimum Gasteiger partial charge on any atom is -0.481 e. The fraction of sp³-hybridized carbons (Fsp3) is 0.500. The third-order valence-electron chi connectivity index (χ3n) is 3.92. The van der Waals surface area contributed by atoms with E-state index >= 15 is 0 Å². The summed E-state index contributed by atoms with van der Waals surface area (Å²) in [7, 11) is 3.99. The smallest absolute Gasteiger partial charge is 0.308 e. The molecule has 0 saturated carbocycles. The highest BCUT2D eigenvalue weighted by Gasteiger charge is 2.37. The van der Waals surface area contributed by atoms with E-state index in [4.69, 9.17) is 5.11 Å². The van der Waals surface area contributed by atoms with Crippen molar-refractivity contribution in [2.75, 3.05) is 27.2 Å². The van der Waals surface area contributed by atoms with Gasteiger partial charge in [0.05, 0.1) is 5.92 Å². The van der Waals surface area contributed by atoms with Crippen molar-refractivity contribution in [3.05, 3.63) is 35.4 Å². The van der Waals surface area contributed by atoms with Gasteiger partial charge in [-0.25, -0.2) is 0 Å². The molecule has 1 aromatic carbocycles. The van der Waals surface area contributed by atoms with Crippen molar-refractivity contribution in [1.29, 1.82) is 0 Å². The molecule has 0 spiro atoms. The van der Waals surface area contributed by atoms with Crippen molar-refractivity contribution in [2.24, 2.45) is 11.8 Å². The van der Waals surface area contributed by atoms with Gasteiger partial charge in [0, 0.05) is 25.2 Å². The maximum Gasteiger partial charge on any atom is 0.308 e. The molecule has 114 valence electrons. The fourth-order valence-electron chi connectivity index (χ4n) is 2.75. The number of hydrogen-bond donors (Lipinski definition) is 1. The van der Waals surface area contributed by atoms with Gasteiger partial charge >= 0.3 is 5.97 Å². The predicted molar refractivity (Wildman–Crippen MR) is 80.0 cm³/mol. The molecular formula is C16H22N2O3. The summed E-state index contributed by atoms with van der Waals surface area (Å²) < 4.78 is 0. The highest BCUT2D eigenvalue weighted by Crippen LogP contribution is 2.24. The molecule has 1 aromatic rings. The maximum atomic E-state index is 12.4. The molecule has 0 aromatic heterocycles. The third kappa shape index (κ3) is 3.61. The average molecular weight is 290 g/mol. The minimum atomic E-state index is -0.820. The lowest BCUT2D eigenvalue weighted by Crippen LogP contribution is -2.29. The van der Waals surface area contributed by atoms with Crippen LogP contribution < -0.4 is 0 Å². The Morgan fingerprint density at radius 2 is 1.86 bits per heavy atom. The van der Waals surface area contributed by atoms with E-state index in [0.29, 0.717) is 18.7 Å². The number of nitrogens with zero attached hydrogens (tertiary/aromatic N) is 2. The minimum absolute atomic E-state index is 0.000496. The number of carbonyl (C=O) groups is 2. The molecule has 2 atom stereocenters. The zero-order valence-corrected chi connectivity index (χ0v) is 12.7. The lowest BCUT2D eigenvalue weighted by atomic mass is 9.99.